The normalized spacial score (nSPS) is 11.0. The first-order valence-electron chi connectivity index (χ1n) is 5.67. The summed E-state index contributed by atoms with van der Waals surface area (Å²) in [7, 11) is 2.51. The number of carboxylic acids is 1. The van der Waals surface area contributed by atoms with Gasteiger partial charge in [-0.15, -0.1) is 0 Å². The standard InChI is InChI=1S/C12H12F3NO5S/c1-20-8-4-6(11(18)19)3-7(10(8)21-2)16-9(17)5-22-12(13,14)15/h3-4H,5H2,1-2H3,(H,16,17)(H,18,19). The molecule has 0 aliphatic heterocycles. The largest absolute Gasteiger partial charge is 0.493 e. The fraction of sp³-hybridized carbons (Fsp3) is 0.333. The number of carbonyl (C=O) groups excluding carboxylic acids is 1. The number of benzene rings is 1. The predicted molar refractivity (Wildman–Crippen MR) is 73.6 cm³/mol. The number of ether oxygens (including phenoxy) is 2. The van der Waals surface area contributed by atoms with E-state index in [2.05, 4.69) is 5.32 Å². The van der Waals surface area contributed by atoms with E-state index in [1.165, 1.54) is 20.3 Å². The number of carboxylic acid groups (broad SMARTS) is 1. The lowest BCUT2D eigenvalue weighted by atomic mass is 10.1. The van der Waals surface area contributed by atoms with Crippen molar-refractivity contribution in [3.8, 4) is 11.5 Å². The van der Waals surface area contributed by atoms with Crippen molar-refractivity contribution in [2.75, 3.05) is 25.3 Å². The van der Waals surface area contributed by atoms with Gasteiger partial charge in [0.15, 0.2) is 11.5 Å². The first-order chi connectivity index (χ1) is 10.2. The summed E-state index contributed by atoms with van der Waals surface area (Å²) in [6, 6.07) is 2.24. The molecular formula is C12H12F3NO5S. The molecular weight excluding hydrogens is 327 g/mol. The second kappa shape index (κ2) is 7.25. The van der Waals surface area contributed by atoms with Gasteiger partial charge >= 0.3 is 11.5 Å². The molecule has 6 nitrogen and oxygen atoms in total. The van der Waals surface area contributed by atoms with Gasteiger partial charge in [-0.2, -0.15) is 13.2 Å². The van der Waals surface area contributed by atoms with Crippen LogP contribution in [0, 0.1) is 0 Å². The zero-order valence-electron chi connectivity index (χ0n) is 11.5. The van der Waals surface area contributed by atoms with E-state index in [4.69, 9.17) is 14.6 Å². The van der Waals surface area contributed by atoms with Gasteiger partial charge in [-0.1, -0.05) is 0 Å². The van der Waals surface area contributed by atoms with Gasteiger partial charge in [0.05, 0.1) is 31.2 Å². The second-order valence-corrected chi connectivity index (χ2v) is 4.89. The van der Waals surface area contributed by atoms with Crippen molar-refractivity contribution in [2.45, 2.75) is 5.51 Å². The molecule has 0 aromatic heterocycles. The molecule has 0 fully saturated rings. The number of anilines is 1. The van der Waals surface area contributed by atoms with Crippen molar-refractivity contribution >= 4 is 29.3 Å². The van der Waals surface area contributed by atoms with Crippen LogP contribution >= 0.6 is 11.8 Å². The highest BCUT2D eigenvalue weighted by molar-refractivity contribution is 8.00. The molecule has 0 unspecified atom stereocenters. The summed E-state index contributed by atoms with van der Waals surface area (Å²) in [6.07, 6.45) is 0. The molecule has 1 amide bonds. The molecule has 0 spiro atoms. The molecule has 122 valence electrons. The second-order valence-electron chi connectivity index (χ2n) is 3.85. The van der Waals surface area contributed by atoms with Gasteiger partial charge in [0.2, 0.25) is 5.91 Å². The average molecular weight is 339 g/mol. The molecule has 1 aromatic carbocycles. The minimum atomic E-state index is -4.54. The number of hydrogen-bond acceptors (Lipinski definition) is 5. The molecule has 0 atom stereocenters. The van der Waals surface area contributed by atoms with Crippen LogP contribution < -0.4 is 14.8 Å². The maximum Gasteiger partial charge on any atom is 0.442 e. The first kappa shape index (κ1) is 18.0. The Hall–Kier alpha value is -2.10. The van der Waals surface area contributed by atoms with Crippen LogP contribution in [0.5, 0.6) is 11.5 Å². The van der Waals surface area contributed by atoms with Gasteiger partial charge in [0, 0.05) is 0 Å². The lowest BCUT2D eigenvalue weighted by molar-refractivity contribution is -0.114. The minimum absolute atomic E-state index is 0.0119. The Kier molecular flexibility index (Phi) is 5.92. The van der Waals surface area contributed by atoms with Crippen LogP contribution in [0.2, 0.25) is 0 Å². The molecule has 0 aliphatic carbocycles. The number of alkyl halides is 3. The zero-order chi connectivity index (χ0) is 16.9. The van der Waals surface area contributed by atoms with E-state index in [9.17, 15) is 22.8 Å². The van der Waals surface area contributed by atoms with E-state index in [1.807, 2.05) is 0 Å². The third-order valence-electron chi connectivity index (χ3n) is 2.37. The van der Waals surface area contributed by atoms with Crippen LogP contribution in [0.1, 0.15) is 10.4 Å². The van der Waals surface area contributed by atoms with Gasteiger partial charge < -0.3 is 19.9 Å². The molecule has 1 rings (SSSR count). The molecule has 0 bridgehead atoms. The van der Waals surface area contributed by atoms with Gasteiger partial charge in [0.1, 0.15) is 0 Å². The van der Waals surface area contributed by atoms with Gasteiger partial charge in [-0.05, 0) is 23.9 Å². The van der Waals surface area contributed by atoms with Crippen LogP contribution in [-0.4, -0.2) is 42.5 Å². The van der Waals surface area contributed by atoms with Crippen LogP contribution in [0.15, 0.2) is 12.1 Å². The highest BCUT2D eigenvalue weighted by atomic mass is 32.2. The third kappa shape index (κ3) is 5.02. The molecule has 10 heteroatoms. The van der Waals surface area contributed by atoms with Crippen molar-refractivity contribution in [1.82, 2.24) is 0 Å². The van der Waals surface area contributed by atoms with Crippen LogP contribution in [0.4, 0.5) is 18.9 Å². The van der Waals surface area contributed by atoms with Gasteiger partial charge in [0.25, 0.3) is 0 Å². The van der Waals surface area contributed by atoms with Crippen LogP contribution in [0.25, 0.3) is 0 Å². The number of methoxy groups -OCH3 is 2. The third-order valence-corrected chi connectivity index (χ3v) is 3.10. The number of carbonyl (C=O) groups is 2. The Bertz CT molecular complexity index is 577. The maximum absolute atomic E-state index is 12.0. The molecule has 2 N–H and O–H groups in total. The van der Waals surface area contributed by atoms with Gasteiger partial charge in [-0.3, -0.25) is 4.79 Å². The summed E-state index contributed by atoms with van der Waals surface area (Å²) < 4.78 is 46.1. The summed E-state index contributed by atoms with van der Waals surface area (Å²) in [5.41, 5.74) is -4.84. The van der Waals surface area contributed by atoms with E-state index in [0.717, 1.165) is 6.07 Å². The minimum Gasteiger partial charge on any atom is -0.493 e. The Labute approximate surface area is 127 Å². The first-order valence-corrected chi connectivity index (χ1v) is 6.66. The quantitative estimate of drug-likeness (QED) is 0.829. The van der Waals surface area contributed by atoms with E-state index in [1.54, 1.807) is 0 Å². The fourth-order valence-corrected chi connectivity index (χ4v) is 1.88. The summed E-state index contributed by atoms with van der Waals surface area (Å²) in [6.45, 7) is 0. The lowest BCUT2D eigenvalue weighted by Gasteiger charge is -2.15. The molecule has 1 aromatic rings. The average Bonchev–Trinajstić information content (AvgIpc) is 2.43. The Morgan fingerprint density at radius 2 is 1.91 bits per heavy atom. The highest BCUT2D eigenvalue weighted by Gasteiger charge is 2.29. The molecule has 0 saturated heterocycles. The summed E-state index contributed by atoms with van der Waals surface area (Å²) in [5, 5.41) is 11.2. The van der Waals surface area contributed by atoms with Crippen molar-refractivity contribution in [3.63, 3.8) is 0 Å². The molecule has 0 aliphatic rings. The van der Waals surface area contributed by atoms with Crippen molar-refractivity contribution < 1.29 is 37.3 Å². The monoisotopic (exact) mass is 339 g/mol. The smallest absolute Gasteiger partial charge is 0.442 e. The number of hydrogen-bond donors (Lipinski definition) is 2. The van der Waals surface area contributed by atoms with Crippen molar-refractivity contribution in [3.05, 3.63) is 17.7 Å². The summed E-state index contributed by atoms with van der Waals surface area (Å²) >= 11 is -0.506. The van der Waals surface area contributed by atoms with E-state index in [0.29, 0.717) is 0 Å². The molecule has 22 heavy (non-hydrogen) atoms. The van der Waals surface area contributed by atoms with Crippen molar-refractivity contribution in [1.29, 1.82) is 0 Å². The Morgan fingerprint density at radius 3 is 2.36 bits per heavy atom. The van der Waals surface area contributed by atoms with Crippen LogP contribution in [0.3, 0.4) is 0 Å². The molecule has 0 radical (unpaired) electrons. The fourth-order valence-electron chi connectivity index (χ4n) is 1.51. The van der Waals surface area contributed by atoms with Gasteiger partial charge in [-0.25, -0.2) is 4.79 Å². The maximum atomic E-state index is 12.0. The number of aromatic carboxylic acids is 1. The lowest BCUT2D eigenvalue weighted by Crippen LogP contribution is -2.18. The summed E-state index contributed by atoms with van der Waals surface area (Å²) in [4.78, 5) is 22.5. The SMILES string of the molecule is COc1cc(C(=O)O)cc(NC(=O)CSC(F)(F)F)c1OC. The number of halogens is 3. The number of nitrogens with one attached hydrogen (secondary N) is 1. The van der Waals surface area contributed by atoms with Crippen molar-refractivity contribution in [2.24, 2.45) is 0 Å². The zero-order valence-corrected chi connectivity index (χ0v) is 12.3. The van der Waals surface area contributed by atoms with E-state index < -0.39 is 34.9 Å². The Balaban J connectivity index is 3.03. The number of thioether (sulfide) groups is 1. The molecule has 0 saturated carbocycles. The Morgan fingerprint density at radius 1 is 1.27 bits per heavy atom. The highest BCUT2D eigenvalue weighted by Crippen LogP contribution is 2.37. The predicted octanol–water partition coefficient (Wildman–Crippen LogP) is 2.59. The topological polar surface area (TPSA) is 84.9 Å². The van der Waals surface area contributed by atoms with E-state index in [-0.39, 0.29) is 22.7 Å². The van der Waals surface area contributed by atoms with E-state index >= 15 is 0 Å². The number of amides is 1. The molecule has 0 heterocycles. The van der Waals surface area contributed by atoms with Crippen LogP contribution in [-0.2, 0) is 4.79 Å². The number of rotatable bonds is 6. The summed E-state index contributed by atoms with van der Waals surface area (Å²) in [5.74, 6) is -3.07.